The lowest BCUT2D eigenvalue weighted by Crippen LogP contribution is -2.62. The fraction of sp³-hybridized carbons (Fsp3) is 0.514. The zero-order valence-electron chi connectivity index (χ0n) is 26.9. The van der Waals surface area contributed by atoms with Gasteiger partial charge in [-0.25, -0.2) is 8.42 Å². The molecule has 3 aromatic rings. The van der Waals surface area contributed by atoms with E-state index in [0.717, 1.165) is 76.8 Å². The van der Waals surface area contributed by atoms with Crippen LogP contribution in [-0.2, 0) is 21.1 Å². The van der Waals surface area contributed by atoms with E-state index < -0.39 is 22.6 Å². The molecular weight excluding hydrogens is 643 g/mol. The summed E-state index contributed by atoms with van der Waals surface area (Å²) in [6, 6.07) is 14.0. The number of hydrogen-bond acceptors (Lipinski definition) is 8. The van der Waals surface area contributed by atoms with Crippen molar-refractivity contribution in [2.45, 2.75) is 68.2 Å². The Balaban J connectivity index is 1.15. The molecule has 48 heavy (non-hydrogen) atoms. The van der Waals surface area contributed by atoms with Crippen LogP contribution in [0, 0.1) is 28.6 Å². The Morgan fingerprint density at radius 1 is 1.06 bits per heavy atom. The van der Waals surface area contributed by atoms with Gasteiger partial charge in [0.2, 0.25) is 0 Å². The molecule has 0 bridgehead atoms. The zero-order chi connectivity index (χ0) is 33.9. The highest BCUT2D eigenvalue weighted by atomic mass is 32.2. The van der Waals surface area contributed by atoms with Crippen molar-refractivity contribution in [1.29, 1.82) is 5.26 Å². The van der Waals surface area contributed by atoms with E-state index in [0.29, 0.717) is 28.0 Å². The van der Waals surface area contributed by atoms with Gasteiger partial charge in [-0.3, -0.25) is 4.90 Å². The number of nitriles is 1. The van der Waals surface area contributed by atoms with Crippen LogP contribution >= 0.6 is 0 Å². The van der Waals surface area contributed by atoms with Crippen LogP contribution in [0.15, 0.2) is 47.4 Å². The summed E-state index contributed by atoms with van der Waals surface area (Å²) in [4.78, 5) is 2.66. The van der Waals surface area contributed by atoms with Crippen LogP contribution in [0.1, 0.15) is 44.2 Å². The number of aromatic nitrogens is 1. The second-order valence-corrected chi connectivity index (χ2v) is 15.2. The largest absolute Gasteiger partial charge is 0.477 e. The number of sulfone groups is 1. The van der Waals surface area contributed by atoms with E-state index in [-0.39, 0.29) is 35.5 Å². The van der Waals surface area contributed by atoms with E-state index in [1.54, 1.807) is 18.2 Å². The summed E-state index contributed by atoms with van der Waals surface area (Å²) in [7, 11) is -3.51. The third kappa shape index (κ3) is 7.86. The maximum Gasteiger partial charge on any atom is 0.406 e. The van der Waals surface area contributed by atoms with Gasteiger partial charge in [0.15, 0.2) is 16.4 Å². The van der Waals surface area contributed by atoms with Gasteiger partial charge in [-0.1, -0.05) is 12.0 Å². The van der Waals surface area contributed by atoms with Crippen molar-refractivity contribution in [2.75, 3.05) is 56.3 Å². The van der Waals surface area contributed by atoms with Crippen molar-refractivity contribution in [1.82, 2.24) is 9.47 Å². The Morgan fingerprint density at radius 3 is 2.50 bits per heavy atom. The quantitative estimate of drug-likeness (QED) is 0.272. The van der Waals surface area contributed by atoms with Gasteiger partial charge < -0.3 is 24.7 Å². The first-order valence-corrected chi connectivity index (χ1v) is 18.2. The molecule has 2 N–H and O–H groups in total. The van der Waals surface area contributed by atoms with Crippen molar-refractivity contribution >= 4 is 32.1 Å². The van der Waals surface area contributed by atoms with E-state index in [1.165, 1.54) is 22.8 Å². The van der Waals surface area contributed by atoms with Crippen molar-refractivity contribution in [3.8, 4) is 23.7 Å². The van der Waals surface area contributed by atoms with Crippen molar-refractivity contribution < 1.29 is 31.1 Å². The van der Waals surface area contributed by atoms with Crippen LogP contribution in [-0.4, -0.2) is 81.9 Å². The molecule has 0 unspecified atom stereocenters. The van der Waals surface area contributed by atoms with Gasteiger partial charge in [-0.15, -0.1) is 0 Å². The highest BCUT2D eigenvalue weighted by Crippen LogP contribution is 2.43. The first-order chi connectivity index (χ1) is 22.9. The second kappa shape index (κ2) is 13.9. The van der Waals surface area contributed by atoms with Crippen LogP contribution in [0.4, 0.5) is 24.5 Å². The molecule has 1 saturated carbocycles. The SMILES string of the molecule is CS(=O)(=O)c1ccc(NCC#Cc2cc3c(NC4CCC(N5CC6(CCOCC6)C5)CC4)cccc3n2CC(F)(F)F)c(OCC#N)c1. The number of anilines is 2. The van der Waals surface area contributed by atoms with Crippen LogP contribution in [0.25, 0.3) is 10.9 Å². The summed E-state index contributed by atoms with van der Waals surface area (Å²) in [6.45, 7) is 2.63. The van der Waals surface area contributed by atoms with E-state index in [2.05, 4.69) is 27.4 Å². The highest BCUT2D eigenvalue weighted by molar-refractivity contribution is 7.90. The number of likely N-dealkylation sites (tertiary alicyclic amines) is 1. The van der Waals surface area contributed by atoms with Gasteiger partial charge in [0.25, 0.3) is 0 Å². The van der Waals surface area contributed by atoms with Crippen molar-refractivity contribution in [3.05, 3.63) is 48.2 Å². The highest BCUT2D eigenvalue weighted by Gasteiger charge is 2.46. The Hall–Kier alpha value is -3.91. The molecule has 0 amide bonds. The molecule has 0 radical (unpaired) electrons. The fourth-order valence-electron chi connectivity index (χ4n) is 7.25. The van der Waals surface area contributed by atoms with E-state index in [1.807, 2.05) is 12.1 Å². The zero-order valence-corrected chi connectivity index (χ0v) is 27.7. The summed E-state index contributed by atoms with van der Waals surface area (Å²) in [6.07, 6.45) is 3.12. The Kier molecular flexibility index (Phi) is 9.84. The normalized spacial score (nSPS) is 21.1. The van der Waals surface area contributed by atoms with Gasteiger partial charge in [0.05, 0.1) is 28.3 Å². The monoisotopic (exact) mass is 683 g/mol. The van der Waals surface area contributed by atoms with E-state index in [4.69, 9.17) is 14.7 Å². The summed E-state index contributed by atoms with van der Waals surface area (Å²) in [5.41, 5.74) is 2.34. The third-order valence-electron chi connectivity index (χ3n) is 9.74. The Bertz CT molecular complexity index is 1840. The summed E-state index contributed by atoms with van der Waals surface area (Å²) < 4.78 is 77.3. The first-order valence-electron chi connectivity index (χ1n) is 16.3. The number of hydrogen-bond donors (Lipinski definition) is 2. The minimum atomic E-state index is -4.45. The number of nitrogens with zero attached hydrogens (tertiary/aromatic N) is 3. The molecule has 3 aliphatic rings. The molecule has 3 heterocycles. The molecule has 2 saturated heterocycles. The van der Waals surface area contributed by atoms with Gasteiger partial charge >= 0.3 is 6.18 Å². The lowest BCUT2D eigenvalue weighted by molar-refractivity contribution is -0.140. The maximum absolute atomic E-state index is 13.7. The van der Waals surface area contributed by atoms with Gasteiger partial charge in [-0.2, -0.15) is 18.4 Å². The molecule has 9 nitrogen and oxygen atoms in total. The molecule has 2 aromatic carbocycles. The number of rotatable bonds is 9. The van der Waals surface area contributed by atoms with Gasteiger partial charge in [0.1, 0.15) is 18.4 Å². The smallest absolute Gasteiger partial charge is 0.406 e. The number of alkyl halides is 3. The summed E-state index contributed by atoms with van der Waals surface area (Å²) in [5, 5.41) is 16.3. The molecule has 256 valence electrons. The second-order valence-electron chi connectivity index (χ2n) is 13.2. The minimum absolute atomic E-state index is 0.0285. The van der Waals surface area contributed by atoms with Crippen molar-refractivity contribution in [3.63, 3.8) is 0 Å². The van der Waals surface area contributed by atoms with Crippen LogP contribution in [0.5, 0.6) is 5.75 Å². The average Bonchev–Trinajstić information content (AvgIpc) is 3.38. The van der Waals surface area contributed by atoms with Crippen LogP contribution in [0.3, 0.4) is 0 Å². The Labute approximate surface area is 279 Å². The van der Waals surface area contributed by atoms with E-state index >= 15 is 0 Å². The van der Waals surface area contributed by atoms with Gasteiger partial charge in [0, 0.05) is 67.2 Å². The predicted molar refractivity (Wildman–Crippen MR) is 178 cm³/mol. The van der Waals surface area contributed by atoms with Crippen molar-refractivity contribution in [2.24, 2.45) is 5.41 Å². The number of nitrogens with one attached hydrogen (secondary N) is 2. The molecular formula is C35H40F3N5O4S. The molecule has 0 atom stereocenters. The van der Waals surface area contributed by atoms with Crippen LogP contribution in [0.2, 0.25) is 0 Å². The lowest BCUT2D eigenvalue weighted by Gasteiger charge is -2.56. The third-order valence-corrected chi connectivity index (χ3v) is 10.9. The van der Waals surface area contributed by atoms with Gasteiger partial charge in [-0.05, 0) is 74.8 Å². The molecule has 3 fully saturated rings. The predicted octanol–water partition coefficient (Wildman–Crippen LogP) is 5.81. The molecule has 1 aliphatic carbocycles. The number of halogens is 3. The molecule has 1 spiro atoms. The maximum atomic E-state index is 13.7. The lowest BCUT2D eigenvalue weighted by atomic mass is 9.71. The number of benzene rings is 2. The fourth-order valence-corrected chi connectivity index (χ4v) is 7.88. The standard InChI is InChI=1S/C35H40F3N5O4S/c1-48(44,45)28-11-12-31(33(21-28)47-19-15-39)40-16-3-4-27-20-29-30(5-2-6-32(29)43(27)24-35(36,37)38)41-25-7-9-26(10-8-25)42-22-34(23-42)13-17-46-18-14-34/h2,5-6,11-12,20-21,25-26,40-41H,7-10,13-14,16-19,22-24H2,1H3. The molecule has 13 heteroatoms. The summed E-state index contributed by atoms with van der Waals surface area (Å²) >= 11 is 0. The number of ether oxygens (including phenoxy) is 2. The number of fused-ring (bicyclic) bond motifs is 1. The molecule has 2 aliphatic heterocycles. The molecule has 1 aromatic heterocycles. The Morgan fingerprint density at radius 2 is 1.81 bits per heavy atom. The van der Waals surface area contributed by atoms with Crippen LogP contribution < -0.4 is 15.4 Å². The minimum Gasteiger partial charge on any atom is -0.477 e. The average molecular weight is 684 g/mol. The van der Waals surface area contributed by atoms with E-state index in [9.17, 15) is 21.6 Å². The first kappa shape index (κ1) is 34.0. The topological polar surface area (TPSA) is 109 Å². The summed E-state index contributed by atoms with van der Waals surface area (Å²) in [5.74, 6) is 5.95. The molecule has 6 rings (SSSR count).